The van der Waals surface area contributed by atoms with Gasteiger partial charge in [-0.25, -0.2) is 9.59 Å². The molecule has 0 aliphatic heterocycles. The maximum absolute atomic E-state index is 10.2. The van der Waals surface area contributed by atoms with Crippen LogP contribution in [0.5, 0.6) is 0 Å². The van der Waals surface area contributed by atoms with E-state index in [0.29, 0.717) is 12.8 Å². The molecule has 0 spiro atoms. The molecule has 4 nitrogen and oxygen atoms in total. The second-order valence-corrected chi connectivity index (χ2v) is 2.89. The fourth-order valence-electron chi connectivity index (χ4n) is 1.34. The van der Waals surface area contributed by atoms with Crippen molar-refractivity contribution in [1.82, 2.24) is 0 Å². The van der Waals surface area contributed by atoms with Gasteiger partial charge in [0.15, 0.2) is 5.66 Å². The molecule has 72 valence electrons. The van der Waals surface area contributed by atoms with E-state index in [4.69, 9.17) is 0 Å². The Morgan fingerprint density at radius 2 is 1.38 bits per heavy atom. The molecule has 0 rings (SSSR count). The molecule has 0 amide bonds. The van der Waals surface area contributed by atoms with Crippen LogP contribution in [-0.4, -0.2) is 17.8 Å². The van der Waals surface area contributed by atoms with E-state index in [-0.39, 0.29) is 0 Å². The fraction of sp³-hybridized carbons (Fsp3) is 0.778. The molecule has 0 radical (unpaired) electrons. The third-order valence-corrected chi connectivity index (χ3v) is 1.81. The van der Waals surface area contributed by atoms with Crippen LogP contribution in [0.3, 0.4) is 0 Å². The van der Waals surface area contributed by atoms with Crippen molar-refractivity contribution in [2.45, 2.75) is 45.2 Å². The van der Waals surface area contributed by atoms with Gasteiger partial charge in [-0.3, -0.25) is 0 Å². The van der Waals surface area contributed by atoms with Gasteiger partial charge in [-0.05, 0) is 12.8 Å². The number of carbonyl (C=O) groups excluding carboxylic acids is 2. The molecule has 0 saturated carbocycles. The first kappa shape index (κ1) is 11.8. The van der Waals surface area contributed by atoms with Gasteiger partial charge in [-0.15, -0.1) is 0 Å². The topological polar surface area (TPSA) is 58.9 Å². The van der Waals surface area contributed by atoms with E-state index in [1.165, 1.54) is 12.2 Å². The Hall–Kier alpha value is -1.24. The third kappa shape index (κ3) is 3.79. The maximum Gasteiger partial charge on any atom is 0.237 e. The van der Waals surface area contributed by atoms with Gasteiger partial charge < -0.3 is 0 Å². The Bertz CT molecular complexity index is 212. The van der Waals surface area contributed by atoms with Crippen LogP contribution in [0.1, 0.15) is 39.5 Å². The predicted octanol–water partition coefficient (Wildman–Crippen LogP) is 1.95. The summed E-state index contributed by atoms with van der Waals surface area (Å²) in [6.07, 6.45) is 5.74. The van der Waals surface area contributed by atoms with E-state index >= 15 is 0 Å². The molecule has 0 fully saturated rings. The van der Waals surface area contributed by atoms with Gasteiger partial charge in [-0.2, -0.15) is 9.98 Å². The van der Waals surface area contributed by atoms with Gasteiger partial charge in [0, 0.05) is 0 Å². The summed E-state index contributed by atoms with van der Waals surface area (Å²) in [4.78, 5) is 27.5. The quantitative estimate of drug-likeness (QED) is 0.465. The molecule has 13 heavy (non-hydrogen) atoms. The average molecular weight is 182 g/mol. The second-order valence-electron chi connectivity index (χ2n) is 2.89. The van der Waals surface area contributed by atoms with Crippen molar-refractivity contribution in [3.05, 3.63) is 0 Å². The first-order valence-corrected chi connectivity index (χ1v) is 4.42. The first-order valence-electron chi connectivity index (χ1n) is 4.42. The lowest BCUT2D eigenvalue weighted by atomic mass is 10.00. The lowest BCUT2D eigenvalue weighted by Gasteiger charge is -2.19. The van der Waals surface area contributed by atoms with Crippen LogP contribution in [0.2, 0.25) is 0 Å². The van der Waals surface area contributed by atoms with Crippen LogP contribution in [0.4, 0.5) is 0 Å². The number of aliphatic imine (C=N–C) groups is 2. The summed E-state index contributed by atoms with van der Waals surface area (Å²) in [6.45, 7) is 3.90. The molecular weight excluding hydrogens is 168 g/mol. The Morgan fingerprint density at radius 3 is 1.62 bits per heavy atom. The molecular formula is C9H14N2O2. The van der Waals surface area contributed by atoms with Crippen LogP contribution >= 0.6 is 0 Å². The summed E-state index contributed by atoms with van der Waals surface area (Å²) in [5.41, 5.74) is -0.896. The predicted molar refractivity (Wildman–Crippen MR) is 48.8 cm³/mol. The van der Waals surface area contributed by atoms with Crippen molar-refractivity contribution in [1.29, 1.82) is 0 Å². The molecule has 0 bridgehead atoms. The van der Waals surface area contributed by atoms with E-state index in [0.717, 1.165) is 12.8 Å². The van der Waals surface area contributed by atoms with Crippen LogP contribution in [-0.2, 0) is 9.59 Å². The van der Waals surface area contributed by atoms with Crippen molar-refractivity contribution in [2.24, 2.45) is 9.98 Å². The molecule has 0 saturated heterocycles. The number of nitrogens with zero attached hydrogens (tertiary/aromatic N) is 2. The number of rotatable bonds is 6. The summed E-state index contributed by atoms with van der Waals surface area (Å²) in [5, 5.41) is 0. The molecule has 0 aliphatic rings. The number of isocyanates is 2. The lowest BCUT2D eigenvalue weighted by Crippen LogP contribution is -2.23. The zero-order valence-electron chi connectivity index (χ0n) is 8.04. The molecule has 0 N–H and O–H groups in total. The summed E-state index contributed by atoms with van der Waals surface area (Å²) in [7, 11) is 0. The Labute approximate surface area is 77.8 Å². The molecule has 0 aromatic heterocycles. The second kappa shape index (κ2) is 6.30. The van der Waals surface area contributed by atoms with Gasteiger partial charge in [0.05, 0.1) is 0 Å². The molecule has 0 aromatic carbocycles. The van der Waals surface area contributed by atoms with Gasteiger partial charge in [-0.1, -0.05) is 26.7 Å². The number of hydrogen-bond donors (Lipinski definition) is 0. The Morgan fingerprint density at radius 1 is 1.00 bits per heavy atom. The van der Waals surface area contributed by atoms with Gasteiger partial charge in [0.25, 0.3) is 0 Å². The molecule has 0 aliphatic carbocycles. The van der Waals surface area contributed by atoms with Crippen molar-refractivity contribution >= 4 is 12.2 Å². The first-order chi connectivity index (χ1) is 6.24. The van der Waals surface area contributed by atoms with E-state index in [2.05, 4.69) is 9.98 Å². The van der Waals surface area contributed by atoms with Crippen LogP contribution in [0.15, 0.2) is 9.98 Å². The van der Waals surface area contributed by atoms with Crippen molar-refractivity contribution < 1.29 is 9.59 Å². The largest absolute Gasteiger partial charge is 0.237 e. The molecule has 4 heteroatoms. The molecule has 0 heterocycles. The highest BCUT2D eigenvalue weighted by molar-refractivity contribution is 5.39. The van der Waals surface area contributed by atoms with Crippen molar-refractivity contribution in [3.8, 4) is 0 Å². The Balaban J connectivity index is 4.77. The highest BCUT2D eigenvalue weighted by Crippen LogP contribution is 2.24. The fourth-order valence-corrected chi connectivity index (χ4v) is 1.34. The van der Waals surface area contributed by atoms with Crippen LogP contribution in [0.25, 0.3) is 0 Å². The number of hydrogen-bond acceptors (Lipinski definition) is 4. The Kier molecular flexibility index (Phi) is 5.69. The van der Waals surface area contributed by atoms with E-state index in [9.17, 15) is 9.59 Å². The van der Waals surface area contributed by atoms with E-state index in [1.54, 1.807) is 0 Å². The molecule has 0 aromatic rings. The minimum atomic E-state index is -0.896. The lowest BCUT2D eigenvalue weighted by molar-refractivity contribution is 0.372. The minimum absolute atomic E-state index is 0.589. The van der Waals surface area contributed by atoms with Crippen LogP contribution in [0, 0.1) is 0 Å². The third-order valence-electron chi connectivity index (χ3n) is 1.81. The normalized spacial score (nSPS) is 10.0. The van der Waals surface area contributed by atoms with Crippen molar-refractivity contribution in [3.63, 3.8) is 0 Å². The zero-order valence-corrected chi connectivity index (χ0v) is 8.04. The van der Waals surface area contributed by atoms with E-state index < -0.39 is 5.66 Å². The smallest absolute Gasteiger partial charge is 0.211 e. The summed E-state index contributed by atoms with van der Waals surface area (Å²) in [6, 6.07) is 0. The highest BCUT2D eigenvalue weighted by Gasteiger charge is 2.26. The zero-order chi connectivity index (χ0) is 10.2. The molecule has 0 atom stereocenters. The summed E-state index contributed by atoms with van der Waals surface area (Å²) < 4.78 is 0. The average Bonchev–Trinajstić information content (AvgIpc) is 2.06. The van der Waals surface area contributed by atoms with E-state index in [1.807, 2.05) is 13.8 Å². The van der Waals surface area contributed by atoms with Gasteiger partial charge >= 0.3 is 0 Å². The summed E-state index contributed by atoms with van der Waals surface area (Å²) >= 11 is 0. The van der Waals surface area contributed by atoms with Gasteiger partial charge in [0.2, 0.25) is 12.2 Å². The van der Waals surface area contributed by atoms with Crippen LogP contribution < -0.4 is 0 Å². The summed E-state index contributed by atoms with van der Waals surface area (Å²) in [5.74, 6) is 0. The highest BCUT2D eigenvalue weighted by atomic mass is 16.1. The monoisotopic (exact) mass is 182 g/mol. The van der Waals surface area contributed by atoms with Crippen molar-refractivity contribution in [2.75, 3.05) is 0 Å². The minimum Gasteiger partial charge on any atom is -0.211 e. The standard InChI is InChI=1S/C9H14N2O2/c1-3-5-9(6-4-2,10-7-12)11-8-13/h3-6H2,1-2H3. The SMILES string of the molecule is CCCC(CCC)(N=C=O)N=C=O. The molecule has 0 unspecified atom stereocenters. The van der Waals surface area contributed by atoms with Gasteiger partial charge in [0.1, 0.15) is 0 Å². The maximum atomic E-state index is 10.2.